The molecule has 1 aliphatic heterocycles. The Morgan fingerprint density at radius 1 is 1.54 bits per heavy atom. The molecule has 0 saturated carbocycles. The molecule has 1 saturated heterocycles. The summed E-state index contributed by atoms with van der Waals surface area (Å²) in [6.07, 6.45) is 3.16. The molecule has 1 fully saturated rings. The van der Waals surface area contributed by atoms with Crippen LogP contribution in [0.15, 0.2) is 18.5 Å². The first-order chi connectivity index (χ1) is 6.27. The number of rotatable bonds is 1. The second kappa shape index (κ2) is 3.22. The Kier molecular flexibility index (Phi) is 2.06. The lowest BCUT2D eigenvalue weighted by molar-refractivity contribution is 0.252. The van der Waals surface area contributed by atoms with E-state index in [9.17, 15) is 4.79 Å². The molecule has 5 heteroatoms. The zero-order chi connectivity index (χ0) is 9.26. The molecule has 0 aliphatic carbocycles. The average Bonchev–Trinajstić information content (AvgIpc) is 2.51. The fourth-order valence-electron chi connectivity index (χ4n) is 1.27. The molecule has 1 aliphatic rings. The van der Waals surface area contributed by atoms with Crippen molar-refractivity contribution in [3.8, 4) is 0 Å². The fraction of sp³-hybridized carbons (Fsp3) is 0.250. The Morgan fingerprint density at radius 3 is 3.00 bits per heavy atom. The van der Waals surface area contributed by atoms with E-state index in [2.05, 4.69) is 10.3 Å². The van der Waals surface area contributed by atoms with Gasteiger partial charge in [-0.1, -0.05) is 11.6 Å². The van der Waals surface area contributed by atoms with Crippen LogP contribution in [0.3, 0.4) is 0 Å². The van der Waals surface area contributed by atoms with Crippen LogP contribution in [-0.2, 0) is 0 Å². The summed E-state index contributed by atoms with van der Waals surface area (Å²) in [4.78, 5) is 16.7. The van der Waals surface area contributed by atoms with Crippen LogP contribution in [0.2, 0.25) is 5.02 Å². The standard InChI is InChI=1S/C8H8ClN3O/c9-6-3-7(5-10-4-6)12-2-1-11-8(12)13/h3-5H,1-2H2,(H,11,13). The lowest BCUT2D eigenvalue weighted by atomic mass is 10.4. The zero-order valence-electron chi connectivity index (χ0n) is 6.83. The minimum atomic E-state index is -0.0935. The van der Waals surface area contributed by atoms with Crippen molar-refractivity contribution in [2.45, 2.75) is 0 Å². The second-order valence-corrected chi connectivity index (χ2v) is 3.18. The van der Waals surface area contributed by atoms with Crippen molar-refractivity contribution in [2.24, 2.45) is 0 Å². The molecule has 0 atom stereocenters. The van der Waals surface area contributed by atoms with Crippen LogP contribution < -0.4 is 10.2 Å². The molecule has 0 unspecified atom stereocenters. The SMILES string of the molecule is O=C1NCCN1c1cncc(Cl)c1. The van der Waals surface area contributed by atoms with Crippen LogP contribution in [0.1, 0.15) is 0 Å². The highest BCUT2D eigenvalue weighted by Crippen LogP contribution is 2.18. The number of carbonyl (C=O) groups excluding carboxylic acids is 1. The van der Waals surface area contributed by atoms with Gasteiger partial charge in [-0.15, -0.1) is 0 Å². The Balaban J connectivity index is 2.29. The molecule has 2 amide bonds. The van der Waals surface area contributed by atoms with Crippen LogP contribution in [0.25, 0.3) is 0 Å². The minimum absolute atomic E-state index is 0.0935. The van der Waals surface area contributed by atoms with Gasteiger partial charge in [-0.2, -0.15) is 0 Å². The van der Waals surface area contributed by atoms with Crippen LogP contribution in [0.4, 0.5) is 10.5 Å². The number of carbonyl (C=O) groups is 1. The molecule has 13 heavy (non-hydrogen) atoms. The minimum Gasteiger partial charge on any atom is -0.336 e. The van der Waals surface area contributed by atoms with E-state index < -0.39 is 0 Å². The number of nitrogens with zero attached hydrogens (tertiary/aromatic N) is 2. The summed E-state index contributed by atoms with van der Waals surface area (Å²) in [5, 5.41) is 3.24. The molecule has 1 aromatic rings. The molecule has 0 radical (unpaired) electrons. The van der Waals surface area contributed by atoms with E-state index in [0.29, 0.717) is 18.1 Å². The van der Waals surface area contributed by atoms with E-state index in [1.807, 2.05) is 0 Å². The van der Waals surface area contributed by atoms with E-state index in [1.165, 1.54) is 0 Å². The van der Waals surface area contributed by atoms with Crippen LogP contribution in [-0.4, -0.2) is 24.1 Å². The van der Waals surface area contributed by atoms with Gasteiger partial charge in [-0.25, -0.2) is 4.79 Å². The molecule has 1 N–H and O–H groups in total. The largest absolute Gasteiger partial charge is 0.336 e. The Labute approximate surface area is 80.5 Å². The second-order valence-electron chi connectivity index (χ2n) is 2.74. The van der Waals surface area contributed by atoms with E-state index >= 15 is 0 Å². The van der Waals surface area contributed by atoms with Crippen molar-refractivity contribution >= 4 is 23.3 Å². The third-order valence-corrected chi connectivity index (χ3v) is 2.07. The first-order valence-corrected chi connectivity index (χ1v) is 4.31. The van der Waals surface area contributed by atoms with E-state index in [1.54, 1.807) is 23.4 Å². The van der Waals surface area contributed by atoms with Gasteiger partial charge in [0, 0.05) is 19.3 Å². The molecular formula is C8H8ClN3O. The van der Waals surface area contributed by atoms with Crippen molar-refractivity contribution in [1.82, 2.24) is 10.3 Å². The van der Waals surface area contributed by atoms with Gasteiger partial charge in [0.05, 0.1) is 16.9 Å². The quantitative estimate of drug-likeness (QED) is 0.737. The van der Waals surface area contributed by atoms with Crippen molar-refractivity contribution in [3.05, 3.63) is 23.5 Å². The van der Waals surface area contributed by atoms with Crippen molar-refractivity contribution in [3.63, 3.8) is 0 Å². The Morgan fingerprint density at radius 2 is 2.38 bits per heavy atom. The van der Waals surface area contributed by atoms with Gasteiger partial charge in [0.25, 0.3) is 0 Å². The highest BCUT2D eigenvalue weighted by molar-refractivity contribution is 6.30. The predicted molar refractivity (Wildman–Crippen MR) is 50.0 cm³/mol. The van der Waals surface area contributed by atoms with Gasteiger partial charge in [-0.05, 0) is 6.07 Å². The van der Waals surface area contributed by atoms with E-state index in [-0.39, 0.29) is 6.03 Å². The summed E-state index contributed by atoms with van der Waals surface area (Å²) >= 11 is 5.75. The van der Waals surface area contributed by atoms with Crippen molar-refractivity contribution < 1.29 is 4.79 Å². The zero-order valence-corrected chi connectivity index (χ0v) is 7.58. The number of pyridine rings is 1. The number of amides is 2. The first kappa shape index (κ1) is 8.31. The number of hydrogen-bond acceptors (Lipinski definition) is 2. The first-order valence-electron chi connectivity index (χ1n) is 3.93. The van der Waals surface area contributed by atoms with E-state index in [4.69, 9.17) is 11.6 Å². The fourth-order valence-corrected chi connectivity index (χ4v) is 1.43. The van der Waals surface area contributed by atoms with Gasteiger partial charge in [0.15, 0.2) is 0 Å². The Bertz CT molecular complexity index is 342. The molecular weight excluding hydrogens is 190 g/mol. The maximum atomic E-state index is 11.2. The van der Waals surface area contributed by atoms with Gasteiger partial charge in [0.2, 0.25) is 0 Å². The number of nitrogens with one attached hydrogen (secondary N) is 1. The topological polar surface area (TPSA) is 45.2 Å². The summed E-state index contributed by atoms with van der Waals surface area (Å²) in [6, 6.07) is 1.63. The van der Waals surface area contributed by atoms with Crippen LogP contribution in [0.5, 0.6) is 0 Å². The molecule has 0 bridgehead atoms. The summed E-state index contributed by atoms with van der Waals surface area (Å²) in [5.74, 6) is 0. The molecule has 2 rings (SSSR count). The Hall–Kier alpha value is -1.29. The third-order valence-electron chi connectivity index (χ3n) is 1.86. The van der Waals surface area contributed by atoms with Gasteiger partial charge in [0.1, 0.15) is 0 Å². The normalized spacial score (nSPS) is 16.1. The molecule has 0 aromatic carbocycles. The molecule has 4 nitrogen and oxygen atoms in total. The summed E-state index contributed by atoms with van der Waals surface area (Å²) in [7, 11) is 0. The average molecular weight is 198 g/mol. The van der Waals surface area contributed by atoms with Gasteiger partial charge >= 0.3 is 6.03 Å². The molecule has 68 valence electrons. The van der Waals surface area contributed by atoms with Gasteiger partial charge in [-0.3, -0.25) is 9.88 Å². The summed E-state index contributed by atoms with van der Waals surface area (Å²) in [6.45, 7) is 1.34. The van der Waals surface area contributed by atoms with Gasteiger partial charge < -0.3 is 5.32 Å². The monoisotopic (exact) mass is 197 g/mol. The number of anilines is 1. The van der Waals surface area contributed by atoms with Crippen molar-refractivity contribution in [1.29, 1.82) is 0 Å². The predicted octanol–water partition coefficient (Wildman–Crippen LogP) is 1.26. The molecule has 1 aromatic heterocycles. The summed E-state index contributed by atoms with van der Waals surface area (Å²) < 4.78 is 0. The maximum absolute atomic E-state index is 11.2. The molecule has 2 heterocycles. The summed E-state index contributed by atoms with van der Waals surface area (Å²) in [5.41, 5.74) is 0.738. The number of urea groups is 1. The van der Waals surface area contributed by atoms with Crippen LogP contribution in [0, 0.1) is 0 Å². The van der Waals surface area contributed by atoms with Crippen molar-refractivity contribution in [2.75, 3.05) is 18.0 Å². The van der Waals surface area contributed by atoms with Crippen LogP contribution >= 0.6 is 11.6 Å². The molecule has 0 spiro atoms. The third kappa shape index (κ3) is 1.58. The highest BCUT2D eigenvalue weighted by Gasteiger charge is 2.21. The van der Waals surface area contributed by atoms with E-state index in [0.717, 1.165) is 5.69 Å². The lowest BCUT2D eigenvalue weighted by Gasteiger charge is -2.13. The lowest BCUT2D eigenvalue weighted by Crippen LogP contribution is -2.27. The number of halogens is 1. The smallest absolute Gasteiger partial charge is 0.322 e. The number of hydrogen-bond donors (Lipinski definition) is 1. The number of aromatic nitrogens is 1. The maximum Gasteiger partial charge on any atom is 0.322 e. The highest BCUT2D eigenvalue weighted by atomic mass is 35.5.